The average molecular weight is 345 g/mol. The number of thioether (sulfide) groups is 1. The lowest BCUT2D eigenvalue weighted by Crippen LogP contribution is -2.37. The van der Waals surface area contributed by atoms with Crippen molar-refractivity contribution >= 4 is 17.7 Å². The van der Waals surface area contributed by atoms with E-state index in [4.69, 9.17) is 5.11 Å². The molecule has 3 heterocycles. The van der Waals surface area contributed by atoms with Crippen molar-refractivity contribution in [2.24, 2.45) is 0 Å². The summed E-state index contributed by atoms with van der Waals surface area (Å²) in [5, 5.41) is 19.0. The highest BCUT2D eigenvalue weighted by atomic mass is 32.2. The van der Waals surface area contributed by atoms with Gasteiger partial charge in [-0.3, -0.25) is 10.1 Å². The normalized spacial score (nSPS) is 19.7. The van der Waals surface area contributed by atoms with Gasteiger partial charge in [-0.15, -0.1) is 0 Å². The zero-order chi connectivity index (χ0) is 16.8. The minimum absolute atomic E-state index is 0.0405. The molecule has 2 aliphatic rings. The van der Waals surface area contributed by atoms with E-state index in [-0.39, 0.29) is 11.9 Å². The first-order valence-electron chi connectivity index (χ1n) is 7.71. The van der Waals surface area contributed by atoms with E-state index in [0.717, 1.165) is 28.7 Å². The molecule has 0 aromatic carbocycles. The summed E-state index contributed by atoms with van der Waals surface area (Å²) < 4.78 is 0. The first kappa shape index (κ1) is 16.5. The molecule has 0 aliphatic carbocycles. The summed E-state index contributed by atoms with van der Waals surface area (Å²) in [6, 6.07) is 1.78. The summed E-state index contributed by atoms with van der Waals surface area (Å²) in [4.78, 5) is 20.3. The van der Waals surface area contributed by atoms with E-state index in [0.29, 0.717) is 13.0 Å². The van der Waals surface area contributed by atoms with Gasteiger partial charge in [0.15, 0.2) is 0 Å². The lowest BCUT2D eigenvalue weighted by atomic mass is 10.2. The second-order valence-corrected chi connectivity index (χ2v) is 6.47. The van der Waals surface area contributed by atoms with Crippen LogP contribution in [0.15, 0.2) is 53.0 Å². The molecule has 24 heavy (non-hydrogen) atoms. The van der Waals surface area contributed by atoms with E-state index >= 15 is 0 Å². The highest BCUT2D eigenvalue weighted by molar-refractivity contribution is 8.03. The number of aliphatic carboxylic acids is 1. The van der Waals surface area contributed by atoms with Gasteiger partial charge in [-0.1, -0.05) is 23.9 Å². The Morgan fingerprint density at radius 2 is 2.25 bits per heavy atom. The molecule has 3 rings (SSSR count). The lowest BCUT2D eigenvalue weighted by Gasteiger charge is -2.17. The molecule has 0 bridgehead atoms. The first-order chi connectivity index (χ1) is 11.7. The fourth-order valence-corrected chi connectivity index (χ4v) is 3.54. The van der Waals surface area contributed by atoms with Crippen molar-refractivity contribution in [3.63, 3.8) is 0 Å². The summed E-state index contributed by atoms with van der Waals surface area (Å²) in [6.07, 6.45) is 10.1. The Bertz CT molecular complexity index is 687. The molecule has 0 amide bonds. The minimum Gasteiger partial charge on any atom is -0.481 e. The molecule has 126 valence electrons. The zero-order valence-electron chi connectivity index (χ0n) is 13.0. The van der Waals surface area contributed by atoms with Gasteiger partial charge in [-0.2, -0.15) is 0 Å². The van der Waals surface area contributed by atoms with E-state index in [1.54, 1.807) is 30.2 Å². The van der Waals surface area contributed by atoms with Crippen LogP contribution in [0.5, 0.6) is 0 Å². The Morgan fingerprint density at radius 3 is 2.96 bits per heavy atom. The van der Waals surface area contributed by atoms with E-state index in [2.05, 4.69) is 25.9 Å². The number of hydrogen-bond acceptors (Lipinski definition) is 7. The Labute approximate surface area is 144 Å². The van der Waals surface area contributed by atoms with Crippen LogP contribution < -0.4 is 16.0 Å². The third kappa shape index (κ3) is 4.36. The molecule has 1 aromatic heterocycles. The number of rotatable bonds is 7. The summed E-state index contributed by atoms with van der Waals surface area (Å²) in [7, 11) is 0. The van der Waals surface area contributed by atoms with E-state index < -0.39 is 5.97 Å². The van der Waals surface area contributed by atoms with Crippen molar-refractivity contribution in [1.82, 2.24) is 25.9 Å². The molecule has 0 fully saturated rings. The first-order valence-corrected chi connectivity index (χ1v) is 8.59. The molecule has 0 radical (unpaired) electrons. The highest BCUT2D eigenvalue weighted by Gasteiger charge is 2.26. The second-order valence-electron chi connectivity index (χ2n) is 5.27. The number of carboxylic acid groups (broad SMARTS) is 1. The molecule has 8 heteroatoms. The van der Waals surface area contributed by atoms with Crippen LogP contribution in [-0.2, 0) is 11.3 Å². The van der Waals surface area contributed by atoms with Crippen LogP contribution in [0.4, 0.5) is 0 Å². The van der Waals surface area contributed by atoms with E-state index in [9.17, 15) is 4.79 Å². The largest absolute Gasteiger partial charge is 0.481 e. The average Bonchev–Trinajstić information content (AvgIpc) is 3.03. The van der Waals surface area contributed by atoms with Crippen molar-refractivity contribution in [1.29, 1.82) is 0 Å². The van der Waals surface area contributed by atoms with Gasteiger partial charge < -0.3 is 15.7 Å². The van der Waals surface area contributed by atoms with Crippen LogP contribution in [-0.4, -0.2) is 33.1 Å². The molecule has 4 N–H and O–H groups in total. The van der Waals surface area contributed by atoms with Crippen LogP contribution >= 0.6 is 11.8 Å². The molecule has 7 nitrogen and oxygen atoms in total. The molecule has 0 saturated carbocycles. The van der Waals surface area contributed by atoms with Gasteiger partial charge in [0.1, 0.15) is 11.3 Å². The number of dihydropyridines is 1. The predicted octanol–water partition coefficient (Wildman–Crippen LogP) is 1.31. The third-order valence-electron chi connectivity index (χ3n) is 3.52. The molecular formula is C16H19N5O2S. The van der Waals surface area contributed by atoms with Gasteiger partial charge in [0, 0.05) is 30.3 Å². The van der Waals surface area contributed by atoms with Crippen LogP contribution in [0.1, 0.15) is 18.7 Å². The van der Waals surface area contributed by atoms with Crippen LogP contribution in [0, 0.1) is 0 Å². The van der Waals surface area contributed by atoms with E-state index in [1.165, 1.54) is 0 Å². The Kier molecular flexibility index (Phi) is 5.50. The minimum atomic E-state index is -0.790. The maximum Gasteiger partial charge on any atom is 0.303 e. The van der Waals surface area contributed by atoms with Gasteiger partial charge in [-0.25, -0.2) is 9.97 Å². The lowest BCUT2D eigenvalue weighted by molar-refractivity contribution is -0.136. The quantitative estimate of drug-likeness (QED) is 0.587. The topological polar surface area (TPSA) is 99.2 Å². The van der Waals surface area contributed by atoms with Gasteiger partial charge >= 0.3 is 5.97 Å². The Morgan fingerprint density at radius 1 is 1.42 bits per heavy atom. The molecule has 0 spiro atoms. The molecule has 1 atom stereocenters. The van der Waals surface area contributed by atoms with Crippen LogP contribution in [0.3, 0.4) is 0 Å². The van der Waals surface area contributed by atoms with Crippen LogP contribution in [0.25, 0.3) is 0 Å². The molecular weight excluding hydrogens is 326 g/mol. The zero-order valence-corrected chi connectivity index (χ0v) is 13.8. The molecule has 0 saturated heterocycles. The number of nitrogens with one attached hydrogen (secondary N) is 3. The smallest absolute Gasteiger partial charge is 0.303 e. The third-order valence-corrected chi connectivity index (χ3v) is 4.74. The Balaban J connectivity index is 1.65. The summed E-state index contributed by atoms with van der Waals surface area (Å²) in [5.74, 6) is -0.0691. The fourth-order valence-electron chi connectivity index (χ4n) is 2.40. The molecule has 1 unspecified atom stereocenters. The fraction of sp³-hybridized carbons (Fsp3) is 0.312. The van der Waals surface area contributed by atoms with E-state index in [1.807, 2.05) is 18.2 Å². The number of allylic oxidation sites excluding steroid dienone is 3. The van der Waals surface area contributed by atoms with Crippen molar-refractivity contribution < 1.29 is 9.90 Å². The van der Waals surface area contributed by atoms with Crippen molar-refractivity contribution in [2.75, 3.05) is 6.54 Å². The number of carbonyl (C=O) groups is 1. The van der Waals surface area contributed by atoms with Gasteiger partial charge in [0.25, 0.3) is 0 Å². The summed E-state index contributed by atoms with van der Waals surface area (Å²) >= 11 is 1.61. The monoisotopic (exact) mass is 345 g/mol. The second kappa shape index (κ2) is 7.98. The number of nitrogens with zero attached hydrogens (tertiary/aromatic N) is 2. The van der Waals surface area contributed by atoms with Crippen molar-refractivity contribution in [3.05, 3.63) is 58.8 Å². The standard InChI is InChI=1S/C16H19N5O2S/c22-14(23)6-5-12-15(11-4-1-2-7-17-11)21-16(24-12)20-10-13-18-8-3-9-19-13/h1-4,8-9,16-17,20-21H,5-7,10H2,(H,22,23). The van der Waals surface area contributed by atoms with Gasteiger partial charge in [0.2, 0.25) is 0 Å². The highest BCUT2D eigenvalue weighted by Crippen LogP contribution is 2.35. The van der Waals surface area contributed by atoms with Gasteiger partial charge in [-0.05, 0) is 18.6 Å². The summed E-state index contributed by atoms with van der Waals surface area (Å²) in [5.41, 5.74) is 1.92. The van der Waals surface area contributed by atoms with Gasteiger partial charge in [0.05, 0.1) is 17.9 Å². The summed E-state index contributed by atoms with van der Waals surface area (Å²) in [6.45, 7) is 1.31. The maximum absolute atomic E-state index is 10.9. The van der Waals surface area contributed by atoms with Crippen LogP contribution in [0.2, 0.25) is 0 Å². The van der Waals surface area contributed by atoms with Crippen molar-refractivity contribution in [3.8, 4) is 0 Å². The number of aromatic nitrogens is 2. The number of carboxylic acids is 1. The van der Waals surface area contributed by atoms with Crippen molar-refractivity contribution in [2.45, 2.75) is 24.9 Å². The predicted molar refractivity (Wildman–Crippen MR) is 92.5 cm³/mol. The Hall–Kier alpha value is -2.32. The molecule has 1 aromatic rings. The maximum atomic E-state index is 10.9. The molecule has 2 aliphatic heterocycles. The number of hydrogen-bond donors (Lipinski definition) is 4. The SMILES string of the molecule is O=C(O)CCC1=C(C2=CC=CCN2)NC(NCc2ncccn2)S1.